The molecule has 0 spiro atoms. The molecular formula is C20H23FN4O2. The molecule has 3 heterocycles. The first-order chi connectivity index (χ1) is 12.9. The summed E-state index contributed by atoms with van der Waals surface area (Å²) in [5, 5.41) is 4.18. The van der Waals surface area contributed by atoms with Crippen LogP contribution in [0.3, 0.4) is 0 Å². The predicted molar refractivity (Wildman–Crippen MR) is 97.1 cm³/mol. The topological polar surface area (TPSA) is 58.4 Å². The van der Waals surface area contributed by atoms with Gasteiger partial charge < -0.3 is 9.80 Å². The smallest absolute Gasteiger partial charge is 0.244 e. The normalized spacial score (nSPS) is 24.3. The zero-order valence-electron chi connectivity index (χ0n) is 15.5. The van der Waals surface area contributed by atoms with Crippen LogP contribution in [0.5, 0.6) is 0 Å². The summed E-state index contributed by atoms with van der Waals surface area (Å²) in [6.45, 7) is 5.51. The van der Waals surface area contributed by atoms with Crippen molar-refractivity contribution in [2.75, 3.05) is 19.6 Å². The van der Waals surface area contributed by atoms with Gasteiger partial charge in [-0.15, -0.1) is 0 Å². The Morgan fingerprint density at radius 2 is 2.07 bits per heavy atom. The maximum atomic E-state index is 13.8. The van der Waals surface area contributed by atoms with E-state index in [4.69, 9.17) is 0 Å². The van der Waals surface area contributed by atoms with E-state index in [2.05, 4.69) is 5.10 Å². The first-order valence-electron chi connectivity index (χ1n) is 9.22. The number of likely N-dealkylation sites (tertiary alicyclic amines) is 2. The van der Waals surface area contributed by atoms with Crippen molar-refractivity contribution in [3.05, 3.63) is 53.6 Å². The van der Waals surface area contributed by atoms with E-state index in [0.717, 1.165) is 11.1 Å². The number of halogens is 1. The number of amides is 2. The van der Waals surface area contributed by atoms with E-state index in [1.807, 2.05) is 29.0 Å². The molecule has 3 atom stereocenters. The summed E-state index contributed by atoms with van der Waals surface area (Å²) in [7, 11) is 0. The highest BCUT2D eigenvalue weighted by Gasteiger charge is 2.49. The van der Waals surface area contributed by atoms with Crippen LogP contribution in [0.4, 0.5) is 4.39 Å². The van der Waals surface area contributed by atoms with Crippen molar-refractivity contribution >= 4 is 11.8 Å². The number of fused-ring (bicyclic) bond motifs is 1. The lowest BCUT2D eigenvalue weighted by Crippen LogP contribution is -2.37. The first-order valence-corrected chi connectivity index (χ1v) is 9.22. The Hall–Kier alpha value is -2.70. The molecule has 1 aromatic carbocycles. The molecule has 2 aliphatic heterocycles. The Morgan fingerprint density at radius 3 is 2.74 bits per heavy atom. The second-order valence-electron chi connectivity index (χ2n) is 7.61. The number of hydrogen-bond acceptors (Lipinski definition) is 3. The molecule has 4 rings (SSSR count). The molecule has 2 aliphatic rings. The Bertz CT molecular complexity index is 880. The quantitative estimate of drug-likeness (QED) is 0.831. The van der Waals surface area contributed by atoms with Crippen molar-refractivity contribution in [3.8, 4) is 0 Å². The number of nitrogens with zero attached hydrogens (tertiary/aromatic N) is 4. The first kappa shape index (κ1) is 17.7. The highest BCUT2D eigenvalue weighted by atomic mass is 19.1. The summed E-state index contributed by atoms with van der Waals surface area (Å²) in [6.07, 6.45) is 3.58. The van der Waals surface area contributed by atoms with Crippen LogP contribution in [0.2, 0.25) is 0 Å². The predicted octanol–water partition coefficient (Wildman–Crippen LogP) is 2.01. The molecule has 0 aliphatic carbocycles. The van der Waals surface area contributed by atoms with Crippen LogP contribution in [0.15, 0.2) is 36.7 Å². The molecule has 0 saturated carbocycles. The summed E-state index contributed by atoms with van der Waals surface area (Å²) < 4.78 is 15.4. The average Bonchev–Trinajstić information content (AvgIpc) is 3.28. The van der Waals surface area contributed by atoms with Crippen LogP contribution in [0.1, 0.15) is 24.1 Å². The molecular weight excluding hydrogens is 347 g/mol. The van der Waals surface area contributed by atoms with Gasteiger partial charge in [-0.25, -0.2) is 4.39 Å². The lowest BCUT2D eigenvalue weighted by Gasteiger charge is -2.29. The largest absolute Gasteiger partial charge is 0.340 e. The SMILES string of the molecule is CC(=O)N1C[C@H]2CN(C(=O)Cn3cc(C)cn3)C[C@H]2[C@H]1c1cccc(F)c1. The van der Waals surface area contributed by atoms with Crippen molar-refractivity contribution in [2.24, 2.45) is 11.8 Å². The molecule has 27 heavy (non-hydrogen) atoms. The van der Waals surface area contributed by atoms with E-state index in [1.165, 1.54) is 12.1 Å². The Morgan fingerprint density at radius 1 is 1.26 bits per heavy atom. The van der Waals surface area contributed by atoms with Crippen LogP contribution in [0, 0.1) is 24.6 Å². The van der Waals surface area contributed by atoms with Crippen molar-refractivity contribution in [2.45, 2.75) is 26.4 Å². The number of carbonyl (C=O) groups is 2. The van der Waals surface area contributed by atoms with E-state index in [9.17, 15) is 14.0 Å². The standard InChI is InChI=1S/C20H23FN4O2/c1-13-7-22-24(8-13)12-19(27)23-9-16-10-25(14(2)26)20(18(16)11-23)15-4-3-5-17(21)6-15/h3-8,16,18,20H,9-12H2,1-2H3/t16-,18-,20-/m1/s1. The maximum absolute atomic E-state index is 13.8. The zero-order chi connectivity index (χ0) is 19.1. The number of benzene rings is 1. The minimum Gasteiger partial charge on any atom is -0.340 e. The van der Waals surface area contributed by atoms with Gasteiger partial charge in [-0.1, -0.05) is 12.1 Å². The molecule has 2 aromatic rings. The monoisotopic (exact) mass is 370 g/mol. The summed E-state index contributed by atoms with van der Waals surface area (Å²) in [5.41, 5.74) is 1.82. The van der Waals surface area contributed by atoms with Gasteiger partial charge in [0, 0.05) is 44.6 Å². The second kappa shape index (κ2) is 6.79. The molecule has 7 heteroatoms. The number of aryl methyl sites for hydroxylation is 1. The van der Waals surface area contributed by atoms with Gasteiger partial charge in [-0.2, -0.15) is 5.10 Å². The molecule has 6 nitrogen and oxygen atoms in total. The third kappa shape index (κ3) is 3.34. The minimum atomic E-state index is -0.306. The van der Waals surface area contributed by atoms with Crippen molar-refractivity contribution in [1.29, 1.82) is 0 Å². The molecule has 2 saturated heterocycles. The molecule has 0 bridgehead atoms. The van der Waals surface area contributed by atoms with Crippen molar-refractivity contribution in [1.82, 2.24) is 19.6 Å². The van der Waals surface area contributed by atoms with Gasteiger partial charge >= 0.3 is 0 Å². The van der Waals surface area contributed by atoms with Gasteiger partial charge in [0.25, 0.3) is 0 Å². The van der Waals surface area contributed by atoms with Crippen LogP contribution in [0.25, 0.3) is 0 Å². The molecule has 1 aromatic heterocycles. The molecule has 2 amide bonds. The summed E-state index contributed by atoms with van der Waals surface area (Å²) >= 11 is 0. The molecule has 0 N–H and O–H groups in total. The van der Waals surface area contributed by atoms with E-state index < -0.39 is 0 Å². The highest BCUT2D eigenvalue weighted by molar-refractivity contribution is 5.77. The van der Waals surface area contributed by atoms with Crippen LogP contribution in [-0.4, -0.2) is 51.0 Å². The second-order valence-corrected chi connectivity index (χ2v) is 7.61. The Kier molecular flexibility index (Phi) is 4.45. The molecule has 142 valence electrons. The number of rotatable bonds is 3. The summed E-state index contributed by atoms with van der Waals surface area (Å²) in [5.74, 6) is 0.0485. The van der Waals surface area contributed by atoms with E-state index in [-0.39, 0.29) is 42.1 Å². The van der Waals surface area contributed by atoms with Gasteiger partial charge in [0.2, 0.25) is 11.8 Å². The third-order valence-electron chi connectivity index (χ3n) is 5.67. The Labute approximate surface area is 157 Å². The van der Waals surface area contributed by atoms with Gasteiger partial charge in [0.05, 0.1) is 12.2 Å². The fraction of sp³-hybridized carbons (Fsp3) is 0.450. The van der Waals surface area contributed by atoms with Crippen molar-refractivity contribution < 1.29 is 14.0 Å². The van der Waals surface area contributed by atoms with Gasteiger partial charge in [0.15, 0.2) is 0 Å². The number of aromatic nitrogens is 2. The van der Waals surface area contributed by atoms with E-state index in [1.54, 1.807) is 23.9 Å². The minimum absolute atomic E-state index is 0.0106. The average molecular weight is 370 g/mol. The fourth-order valence-electron chi connectivity index (χ4n) is 4.48. The van der Waals surface area contributed by atoms with Crippen LogP contribution >= 0.6 is 0 Å². The van der Waals surface area contributed by atoms with Gasteiger partial charge in [-0.3, -0.25) is 14.3 Å². The van der Waals surface area contributed by atoms with Gasteiger partial charge in [-0.05, 0) is 30.2 Å². The highest BCUT2D eigenvalue weighted by Crippen LogP contribution is 2.45. The number of hydrogen-bond donors (Lipinski definition) is 0. The molecule has 2 fully saturated rings. The van der Waals surface area contributed by atoms with Crippen LogP contribution in [-0.2, 0) is 16.1 Å². The lowest BCUT2D eigenvalue weighted by atomic mass is 9.89. The van der Waals surface area contributed by atoms with Crippen LogP contribution < -0.4 is 0 Å². The fourth-order valence-corrected chi connectivity index (χ4v) is 4.48. The van der Waals surface area contributed by atoms with Crippen molar-refractivity contribution in [3.63, 3.8) is 0 Å². The molecule has 0 radical (unpaired) electrons. The van der Waals surface area contributed by atoms with E-state index in [0.29, 0.717) is 19.6 Å². The zero-order valence-corrected chi connectivity index (χ0v) is 15.5. The molecule has 0 unspecified atom stereocenters. The number of carbonyl (C=O) groups excluding carboxylic acids is 2. The Balaban J connectivity index is 1.53. The van der Waals surface area contributed by atoms with E-state index >= 15 is 0 Å². The van der Waals surface area contributed by atoms with Gasteiger partial charge in [0.1, 0.15) is 12.4 Å². The summed E-state index contributed by atoms with van der Waals surface area (Å²) in [6, 6.07) is 6.26. The maximum Gasteiger partial charge on any atom is 0.244 e. The third-order valence-corrected chi connectivity index (χ3v) is 5.67. The lowest BCUT2D eigenvalue weighted by molar-refractivity contribution is -0.132. The summed E-state index contributed by atoms with van der Waals surface area (Å²) in [4.78, 5) is 28.5.